The summed E-state index contributed by atoms with van der Waals surface area (Å²) < 4.78 is 55.4. The summed E-state index contributed by atoms with van der Waals surface area (Å²) in [5.41, 5.74) is -0.143. The molecule has 0 saturated heterocycles. The molecule has 3 atom stereocenters. The zero-order valence-corrected chi connectivity index (χ0v) is 18.8. The number of nitrogens with zero attached hydrogens (tertiary/aromatic N) is 5. The fourth-order valence-electron chi connectivity index (χ4n) is 5.39. The van der Waals surface area contributed by atoms with E-state index in [1.807, 2.05) is 6.92 Å². The quantitative estimate of drug-likeness (QED) is 0.419. The molecule has 0 radical (unpaired) electrons. The fourth-order valence-corrected chi connectivity index (χ4v) is 5.39. The zero-order valence-electron chi connectivity index (χ0n) is 18.8. The highest BCUT2D eigenvalue weighted by Crippen LogP contribution is 2.59. The molecule has 9 nitrogen and oxygen atoms in total. The van der Waals surface area contributed by atoms with E-state index in [1.165, 1.54) is 12.3 Å². The molecule has 1 aromatic carbocycles. The third-order valence-electron chi connectivity index (χ3n) is 7.12. The summed E-state index contributed by atoms with van der Waals surface area (Å²) in [5, 5.41) is 8.00. The SMILES string of the molecule is CC1([C@H]2C[C@@H]2c2ccc3c(F)nn(CC(F)(F)F)c3c2)CC(c2c[nH]c(=O)[nH]c2=O)=Nn2ccnc21. The number of aromatic nitrogens is 6. The summed E-state index contributed by atoms with van der Waals surface area (Å²) >= 11 is 0. The second-order valence-electron chi connectivity index (χ2n) is 9.51. The highest BCUT2D eigenvalue weighted by Gasteiger charge is 2.55. The van der Waals surface area contributed by atoms with Crippen molar-refractivity contribution in [3.63, 3.8) is 0 Å². The summed E-state index contributed by atoms with van der Waals surface area (Å²) in [5.74, 6) is -0.224. The Bertz CT molecular complexity index is 1660. The molecule has 1 fully saturated rings. The van der Waals surface area contributed by atoms with Crippen molar-refractivity contribution in [2.75, 3.05) is 0 Å². The van der Waals surface area contributed by atoms with Crippen LogP contribution >= 0.6 is 0 Å². The summed E-state index contributed by atoms with van der Waals surface area (Å²) in [6, 6.07) is 4.75. The third kappa shape index (κ3) is 3.57. The van der Waals surface area contributed by atoms with Crippen LogP contribution in [-0.4, -0.2) is 41.3 Å². The van der Waals surface area contributed by atoms with Crippen molar-refractivity contribution in [2.24, 2.45) is 11.0 Å². The minimum absolute atomic E-state index is 0.0185. The molecule has 3 aromatic heterocycles. The lowest BCUT2D eigenvalue weighted by molar-refractivity contribution is -0.142. The van der Waals surface area contributed by atoms with E-state index in [-0.39, 0.29) is 28.3 Å². The van der Waals surface area contributed by atoms with Crippen molar-refractivity contribution in [3.8, 4) is 0 Å². The number of nitrogens with one attached hydrogen (secondary N) is 2. The predicted octanol–water partition coefficient (Wildman–Crippen LogP) is 3.03. The lowest BCUT2D eigenvalue weighted by Gasteiger charge is -2.33. The van der Waals surface area contributed by atoms with Crippen molar-refractivity contribution < 1.29 is 17.6 Å². The van der Waals surface area contributed by atoms with Crippen LogP contribution in [0.25, 0.3) is 10.9 Å². The Balaban J connectivity index is 1.36. The lowest BCUT2D eigenvalue weighted by Crippen LogP contribution is -2.38. The highest BCUT2D eigenvalue weighted by molar-refractivity contribution is 6.01. The predicted molar refractivity (Wildman–Crippen MR) is 120 cm³/mol. The molecule has 1 aliphatic heterocycles. The van der Waals surface area contributed by atoms with Crippen LogP contribution in [0.1, 0.15) is 42.6 Å². The molecule has 0 spiro atoms. The van der Waals surface area contributed by atoms with E-state index >= 15 is 0 Å². The molecule has 4 heterocycles. The van der Waals surface area contributed by atoms with Gasteiger partial charge in [-0.15, -0.1) is 5.10 Å². The van der Waals surface area contributed by atoms with Crippen LogP contribution in [0.5, 0.6) is 0 Å². The van der Waals surface area contributed by atoms with Crippen LogP contribution < -0.4 is 11.2 Å². The first-order chi connectivity index (χ1) is 17.0. The van der Waals surface area contributed by atoms with Gasteiger partial charge in [0, 0.05) is 30.4 Å². The Hall–Kier alpha value is -4.03. The maximum Gasteiger partial charge on any atom is 0.408 e. The minimum atomic E-state index is -4.54. The van der Waals surface area contributed by atoms with Crippen LogP contribution in [0.3, 0.4) is 0 Å². The number of fused-ring (bicyclic) bond motifs is 2. The van der Waals surface area contributed by atoms with Gasteiger partial charge >= 0.3 is 11.9 Å². The van der Waals surface area contributed by atoms with Crippen LogP contribution in [-0.2, 0) is 12.0 Å². The second-order valence-corrected chi connectivity index (χ2v) is 9.51. The molecule has 1 unspecified atom stereocenters. The Kier molecular flexibility index (Phi) is 4.66. The molecule has 186 valence electrons. The van der Waals surface area contributed by atoms with Crippen molar-refractivity contribution in [3.05, 3.63) is 80.5 Å². The standard InChI is InChI=1S/C23H19F4N7O2/c1-22(8-16(31-33-5-4-28-20(22)33)14-9-29-21(36)30-19(14)35)15-7-13(15)11-2-3-12-17(6-11)34(32-18(12)24)10-23(25,26)27/h2-6,9,13,15H,7-8,10H2,1H3,(H2,29,30,35,36)/t13-,15+,22?/m1/s1. The van der Waals surface area contributed by atoms with Crippen molar-refractivity contribution in [1.82, 2.24) is 29.4 Å². The molecular formula is C23H19F4N7O2. The molecule has 1 aliphatic carbocycles. The van der Waals surface area contributed by atoms with Crippen molar-refractivity contribution in [1.29, 1.82) is 0 Å². The van der Waals surface area contributed by atoms with Gasteiger partial charge in [0.05, 0.1) is 22.2 Å². The van der Waals surface area contributed by atoms with Gasteiger partial charge in [-0.25, -0.2) is 14.5 Å². The maximum atomic E-state index is 14.2. The summed E-state index contributed by atoms with van der Waals surface area (Å²) in [6.07, 6.45) is 1.17. The molecule has 4 aromatic rings. The number of alkyl halides is 3. The summed E-state index contributed by atoms with van der Waals surface area (Å²) in [7, 11) is 0. The number of hydrogen-bond donors (Lipinski definition) is 2. The molecule has 13 heteroatoms. The van der Waals surface area contributed by atoms with E-state index in [1.54, 1.807) is 29.2 Å². The van der Waals surface area contributed by atoms with E-state index in [0.717, 1.165) is 12.0 Å². The number of aromatic amines is 2. The molecule has 6 rings (SSSR count). The van der Waals surface area contributed by atoms with Gasteiger partial charge in [0.2, 0.25) is 5.95 Å². The molecule has 2 aliphatic rings. The van der Waals surface area contributed by atoms with Crippen LogP contribution in [0.4, 0.5) is 17.6 Å². The molecule has 0 amide bonds. The van der Waals surface area contributed by atoms with Gasteiger partial charge in [-0.3, -0.25) is 14.5 Å². The second kappa shape index (κ2) is 7.48. The Labute approximate surface area is 199 Å². The smallest absolute Gasteiger partial charge is 0.313 e. The van der Waals surface area contributed by atoms with Crippen molar-refractivity contribution >= 4 is 16.6 Å². The molecular weight excluding hydrogens is 482 g/mol. The molecule has 0 bridgehead atoms. The molecule has 1 saturated carbocycles. The van der Waals surface area contributed by atoms with E-state index in [9.17, 15) is 27.2 Å². The minimum Gasteiger partial charge on any atom is -0.313 e. The Morgan fingerprint density at radius 1 is 1.25 bits per heavy atom. The number of benzene rings is 1. The number of hydrogen-bond acceptors (Lipinski definition) is 5. The third-order valence-corrected chi connectivity index (χ3v) is 7.12. The van der Waals surface area contributed by atoms with Crippen molar-refractivity contribution in [2.45, 2.75) is 43.8 Å². The average molecular weight is 501 g/mol. The fraction of sp³-hybridized carbons (Fsp3) is 0.348. The lowest BCUT2D eigenvalue weighted by atomic mass is 9.76. The zero-order chi connectivity index (χ0) is 25.4. The molecule has 2 N–H and O–H groups in total. The van der Waals surface area contributed by atoms with E-state index in [4.69, 9.17) is 0 Å². The number of H-pyrrole nitrogens is 2. The molecule has 36 heavy (non-hydrogen) atoms. The summed E-state index contributed by atoms with van der Waals surface area (Å²) in [6.45, 7) is 0.630. The van der Waals surface area contributed by atoms with Gasteiger partial charge in [0.15, 0.2) is 0 Å². The van der Waals surface area contributed by atoms with Gasteiger partial charge in [0.25, 0.3) is 5.56 Å². The average Bonchev–Trinajstić information content (AvgIpc) is 3.38. The Morgan fingerprint density at radius 3 is 2.81 bits per heavy atom. The number of halogens is 4. The van der Waals surface area contributed by atoms with E-state index in [2.05, 4.69) is 25.2 Å². The van der Waals surface area contributed by atoms with Crippen LogP contribution in [0.2, 0.25) is 0 Å². The van der Waals surface area contributed by atoms with Crippen LogP contribution in [0, 0.1) is 11.9 Å². The highest BCUT2D eigenvalue weighted by atomic mass is 19.4. The van der Waals surface area contributed by atoms with Gasteiger partial charge in [-0.2, -0.15) is 22.7 Å². The number of imidazole rings is 1. The first-order valence-corrected chi connectivity index (χ1v) is 11.2. The van der Waals surface area contributed by atoms with E-state index in [0.29, 0.717) is 22.6 Å². The van der Waals surface area contributed by atoms with E-state index < -0.39 is 35.3 Å². The Morgan fingerprint density at radius 2 is 2.06 bits per heavy atom. The van der Waals surface area contributed by atoms with Gasteiger partial charge in [0.1, 0.15) is 12.4 Å². The number of rotatable bonds is 4. The largest absolute Gasteiger partial charge is 0.408 e. The van der Waals surface area contributed by atoms with Crippen LogP contribution in [0.15, 0.2) is 51.5 Å². The van der Waals surface area contributed by atoms with Gasteiger partial charge in [-0.05, 0) is 36.0 Å². The summed E-state index contributed by atoms with van der Waals surface area (Å²) in [4.78, 5) is 33.1. The monoisotopic (exact) mass is 501 g/mol. The first kappa shape index (κ1) is 22.4. The van der Waals surface area contributed by atoms with Gasteiger partial charge in [-0.1, -0.05) is 13.0 Å². The maximum absolute atomic E-state index is 14.2. The normalized spacial score (nSPS) is 23.5. The van der Waals surface area contributed by atoms with Gasteiger partial charge < -0.3 is 4.98 Å². The topological polar surface area (TPSA) is 114 Å². The first-order valence-electron chi connectivity index (χ1n) is 11.2.